The topological polar surface area (TPSA) is 60.4 Å². The van der Waals surface area contributed by atoms with Gasteiger partial charge in [-0.05, 0) is 47.9 Å². The molecule has 32 heavy (non-hydrogen) atoms. The molecule has 0 saturated heterocycles. The second-order valence-corrected chi connectivity index (χ2v) is 8.70. The lowest BCUT2D eigenvalue weighted by atomic mass is 10.1. The van der Waals surface area contributed by atoms with Gasteiger partial charge in [0.1, 0.15) is 16.1 Å². The maximum atomic E-state index is 13.0. The highest BCUT2D eigenvalue weighted by Gasteiger charge is 2.30. The fourth-order valence-corrected chi connectivity index (χ4v) is 4.54. The van der Waals surface area contributed by atoms with Crippen molar-refractivity contribution in [1.82, 2.24) is 14.6 Å². The van der Waals surface area contributed by atoms with Crippen LogP contribution in [0.5, 0.6) is 0 Å². The number of hydrogen-bond acceptors (Lipinski definition) is 6. The van der Waals surface area contributed by atoms with Crippen LogP contribution in [0.2, 0.25) is 0 Å². The van der Waals surface area contributed by atoms with E-state index in [4.69, 9.17) is 4.42 Å². The quantitative estimate of drug-likeness (QED) is 0.361. The van der Waals surface area contributed by atoms with Crippen molar-refractivity contribution in [2.24, 2.45) is 0 Å². The van der Waals surface area contributed by atoms with Crippen LogP contribution in [0.25, 0.3) is 34.5 Å². The molecule has 0 unspecified atom stereocenters. The van der Waals surface area contributed by atoms with E-state index < -0.39 is 11.7 Å². The lowest BCUT2D eigenvalue weighted by molar-refractivity contribution is -0.137. The van der Waals surface area contributed by atoms with Crippen molar-refractivity contribution in [1.29, 1.82) is 0 Å². The highest BCUT2D eigenvalue weighted by molar-refractivity contribution is 7.15. The molecule has 0 N–H and O–H groups in total. The molecule has 0 aliphatic heterocycles. The largest absolute Gasteiger partial charge is 0.457 e. The van der Waals surface area contributed by atoms with E-state index in [2.05, 4.69) is 10.1 Å². The highest BCUT2D eigenvalue weighted by atomic mass is 32.1. The van der Waals surface area contributed by atoms with Crippen molar-refractivity contribution in [2.45, 2.75) is 6.18 Å². The van der Waals surface area contributed by atoms with Gasteiger partial charge in [0.05, 0.1) is 5.56 Å². The Bertz CT molecular complexity index is 1540. The maximum absolute atomic E-state index is 13.0. The van der Waals surface area contributed by atoms with Crippen LogP contribution in [0.3, 0.4) is 0 Å². The summed E-state index contributed by atoms with van der Waals surface area (Å²) in [6.07, 6.45) is 0.704. The van der Waals surface area contributed by atoms with E-state index in [0.717, 1.165) is 28.3 Å². The molecule has 5 aromatic rings. The van der Waals surface area contributed by atoms with Crippen molar-refractivity contribution in [3.63, 3.8) is 0 Å². The van der Waals surface area contributed by atoms with E-state index in [-0.39, 0.29) is 11.3 Å². The van der Waals surface area contributed by atoms with Crippen molar-refractivity contribution in [3.8, 4) is 11.3 Å². The van der Waals surface area contributed by atoms with Gasteiger partial charge in [-0.3, -0.25) is 4.79 Å². The number of thiazole rings is 1. The molecule has 5 rings (SSSR count). The van der Waals surface area contributed by atoms with Crippen molar-refractivity contribution >= 4 is 45.9 Å². The Morgan fingerprint density at radius 2 is 1.94 bits per heavy atom. The van der Waals surface area contributed by atoms with Crippen LogP contribution >= 0.6 is 22.7 Å². The summed E-state index contributed by atoms with van der Waals surface area (Å²) in [5.74, 6) is 1.05. The summed E-state index contributed by atoms with van der Waals surface area (Å²) < 4.78 is 46.1. The third-order valence-electron chi connectivity index (χ3n) is 4.51. The molecule has 5 nitrogen and oxygen atoms in total. The molecule has 0 bridgehead atoms. The summed E-state index contributed by atoms with van der Waals surface area (Å²) in [4.78, 5) is 18.5. The summed E-state index contributed by atoms with van der Waals surface area (Å²) in [6.45, 7) is 0. The molecule has 0 amide bonds. The zero-order chi connectivity index (χ0) is 22.3. The monoisotopic (exact) mass is 471 g/mol. The number of furan rings is 1. The summed E-state index contributed by atoms with van der Waals surface area (Å²) >= 11 is 2.74. The van der Waals surface area contributed by atoms with E-state index in [0.29, 0.717) is 26.6 Å². The minimum atomic E-state index is -4.44. The van der Waals surface area contributed by atoms with E-state index in [9.17, 15) is 18.0 Å². The Morgan fingerprint density at radius 1 is 1.06 bits per heavy atom. The number of fused-ring (bicyclic) bond motifs is 1. The fourth-order valence-electron chi connectivity index (χ4n) is 3.03. The Hall–Kier alpha value is -3.50. The van der Waals surface area contributed by atoms with E-state index in [1.165, 1.54) is 22.7 Å². The summed E-state index contributed by atoms with van der Waals surface area (Å²) in [5.41, 5.74) is -0.801. The normalized spacial score (nSPS) is 13.0. The van der Waals surface area contributed by atoms with Gasteiger partial charge in [0.25, 0.3) is 5.56 Å². The Kier molecular flexibility index (Phi) is 5.03. The smallest absolute Gasteiger partial charge is 0.416 e. The number of nitrogens with zero attached hydrogens (tertiary/aromatic N) is 3. The molecule has 160 valence electrons. The second kappa shape index (κ2) is 7.88. The van der Waals surface area contributed by atoms with Crippen molar-refractivity contribution < 1.29 is 17.6 Å². The molecular formula is C22H12F3N3O2S2. The molecule has 4 aromatic heterocycles. The van der Waals surface area contributed by atoms with Gasteiger partial charge < -0.3 is 4.42 Å². The molecular weight excluding hydrogens is 459 g/mol. The molecule has 0 aliphatic rings. The summed E-state index contributed by atoms with van der Waals surface area (Å²) in [5, 5.41) is 6.19. The van der Waals surface area contributed by atoms with E-state index in [1.54, 1.807) is 29.5 Å². The van der Waals surface area contributed by atoms with Crippen LogP contribution in [-0.2, 0) is 6.18 Å². The SMILES string of the molecule is O=c1/c(=C/c2ccc(-c3cccc(C(F)(F)F)c3)o2)sc2nc(/C=C/c3cccs3)nn12. The maximum Gasteiger partial charge on any atom is 0.416 e. The predicted octanol–water partition coefficient (Wildman–Crippen LogP) is 5.21. The third-order valence-corrected chi connectivity index (χ3v) is 6.31. The first-order valence-corrected chi connectivity index (χ1v) is 11.0. The zero-order valence-corrected chi connectivity index (χ0v) is 17.7. The number of aromatic nitrogens is 3. The van der Waals surface area contributed by atoms with Crippen LogP contribution in [0.4, 0.5) is 13.2 Å². The third kappa shape index (κ3) is 4.02. The zero-order valence-electron chi connectivity index (χ0n) is 16.0. The van der Waals surface area contributed by atoms with E-state index in [1.807, 2.05) is 23.6 Å². The molecule has 0 fully saturated rings. The molecule has 4 heterocycles. The number of alkyl halides is 3. The van der Waals surface area contributed by atoms with Crippen molar-refractivity contribution in [2.75, 3.05) is 0 Å². The molecule has 0 saturated carbocycles. The van der Waals surface area contributed by atoms with Crippen LogP contribution < -0.4 is 10.1 Å². The van der Waals surface area contributed by atoms with Gasteiger partial charge >= 0.3 is 6.18 Å². The van der Waals surface area contributed by atoms with Gasteiger partial charge in [0.2, 0.25) is 4.96 Å². The number of benzene rings is 1. The molecule has 0 spiro atoms. The Morgan fingerprint density at radius 3 is 2.69 bits per heavy atom. The van der Waals surface area contributed by atoms with Gasteiger partial charge in [0, 0.05) is 16.5 Å². The molecule has 0 radical (unpaired) electrons. The summed E-state index contributed by atoms with van der Waals surface area (Å²) in [6, 6.07) is 11.9. The average molecular weight is 471 g/mol. The minimum Gasteiger partial charge on any atom is -0.457 e. The number of halogens is 3. The average Bonchev–Trinajstić information content (AvgIpc) is 3.54. The standard InChI is InChI=1S/C22H12F3N3O2S2/c23-22(24,25)14-4-1-3-13(11-14)17-8-6-15(30-17)12-18-20(29)28-21(32-18)26-19(27-28)9-7-16-5-2-10-31-16/h1-12H/b9-7+,18-12-. The van der Waals surface area contributed by atoms with Crippen LogP contribution in [0, 0.1) is 0 Å². The molecule has 0 atom stereocenters. The van der Waals surface area contributed by atoms with Crippen molar-refractivity contribution in [3.05, 3.63) is 90.8 Å². The highest BCUT2D eigenvalue weighted by Crippen LogP contribution is 2.32. The number of thiophene rings is 1. The Labute approximate surface area is 186 Å². The molecule has 0 aliphatic carbocycles. The number of rotatable bonds is 4. The lowest BCUT2D eigenvalue weighted by Crippen LogP contribution is -2.23. The van der Waals surface area contributed by atoms with E-state index >= 15 is 0 Å². The first-order valence-electron chi connectivity index (χ1n) is 9.27. The van der Waals surface area contributed by atoms with Gasteiger partial charge in [-0.25, -0.2) is 0 Å². The van der Waals surface area contributed by atoms with Gasteiger partial charge in [-0.1, -0.05) is 29.5 Å². The molecule has 1 aromatic carbocycles. The first-order chi connectivity index (χ1) is 15.4. The van der Waals surface area contributed by atoms with Gasteiger partial charge in [-0.2, -0.15) is 22.7 Å². The number of hydrogen-bond donors (Lipinski definition) is 0. The Balaban J connectivity index is 1.44. The predicted molar refractivity (Wildman–Crippen MR) is 118 cm³/mol. The van der Waals surface area contributed by atoms with Gasteiger partial charge in [-0.15, -0.1) is 16.4 Å². The summed E-state index contributed by atoms with van der Waals surface area (Å²) in [7, 11) is 0. The van der Waals surface area contributed by atoms with Gasteiger partial charge in [0.15, 0.2) is 5.82 Å². The molecule has 10 heteroatoms. The van der Waals surface area contributed by atoms with Crippen LogP contribution in [-0.4, -0.2) is 14.6 Å². The first kappa shape index (κ1) is 20.4. The second-order valence-electron chi connectivity index (χ2n) is 6.71. The van der Waals surface area contributed by atoms with Crippen LogP contribution in [0.15, 0.2) is 63.1 Å². The lowest BCUT2D eigenvalue weighted by Gasteiger charge is -2.07. The minimum absolute atomic E-state index is 0.273. The fraction of sp³-hybridized carbons (Fsp3) is 0.0455. The van der Waals surface area contributed by atoms with Crippen LogP contribution in [0.1, 0.15) is 22.0 Å².